The summed E-state index contributed by atoms with van der Waals surface area (Å²) < 4.78 is 7.44. The molecule has 0 N–H and O–H groups in total. The molecule has 1 atom stereocenters. The van der Waals surface area contributed by atoms with Gasteiger partial charge in [-0.2, -0.15) is 4.57 Å². The Bertz CT molecular complexity index is 722. The summed E-state index contributed by atoms with van der Waals surface area (Å²) in [6.45, 7) is 5.07. The number of halogens is 1. The van der Waals surface area contributed by atoms with Crippen LogP contribution >= 0.6 is 11.8 Å². The summed E-state index contributed by atoms with van der Waals surface area (Å²) in [6.07, 6.45) is 2.06. The molecule has 1 aliphatic heterocycles. The van der Waals surface area contributed by atoms with Gasteiger partial charge < -0.3 is 17.1 Å². The quantitative estimate of drug-likeness (QED) is 0.704. The number of hydrogen-bond acceptors (Lipinski definition) is 3. The zero-order chi connectivity index (χ0) is 17.1. The van der Waals surface area contributed by atoms with E-state index in [1.165, 1.54) is 0 Å². The van der Waals surface area contributed by atoms with Crippen LogP contribution in [0.3, 0.4) is 0 Å². The lowest BCUT2D eigenvalue weighted by atomic mass is 10.1. The van der Waals surface area contributed by atoms with Crippen molar-refractivity contribution in [1.29, 1.82) is 0 Å². The van der Waals surface area contributed by atoms with Gasteiger partial charge in [0.15, 0.2) is 6.20 Å². The van der Waals surface area contributed by atoms with Gasteiger partial charge in [0, 0.05) is 24.2 Å². The van der Waals surface area contributed by atoms with E-state index < -0.39 is 0 Å². The number of carbonyl (C=O) groups excluding carboxylic acids is 1. The molecule has 1 aromatic carbocycles. The van der Waals surface area contributed by atoms with E-state index >= 15 is 0 Å². The van der Waals surface area contributed by atoms with Crippen molar-refractivity contribution in [2.45, 2.75) is 19.3 Å². The van der Waals surface area contributed by atoms with E-state index in [1.807, 2.05) is 29.2 Å². The number of ether oxygens (including phenoxy) is 1. The van der Waals surface area contributed by atoms with E-state index in [0.717, 1.165) is 23.6 Å². The van der Waals surface area contributed by atoms with Crippen LogP contribution in [0.15, 0.2) is 48.7 Å². The standard InChI is InChI=1S/C19H23N2O2S.ClH/c1-14(2)12-21-18(22)13-24-19(21)20-11-5-4-6-17(20)15-7-9-16(23-3)10-8-15;/h4-11,14,19H,12-13H2,1-3H3;1H/q+1;/p-1. The molecule has 1 unspecified atom stereocenters. The molecule has 1 aromatic heterocycles. The summed E-state index contributed by atoms with van der Waals surface area (Å²) >= 11 is 1.68. The molecular formula is C19H23ClN2O2S. The molecule has 4 nitrogen and oxygen atoms in total. The van der Waals surface area contributed by atoms with Crippen molar-refractivity contribution in [3.05, 3.63) is 48.7 Å². The lowest BCUT2D eigenvalue weighted by Gasteiger charge is -2.22. The highest BCUT2D eigenvalue weighted by Gasteiger charge is 2.39. The number of nitrogens with zero attached hydrogens (tertiary/aromatic N) is 2. The molecule has 2 aromatic rings. The van der Waals surface area contributed by atoms with Crippen LogP contribution in [-0.4, -0.2) is 30.2 Å². The first kappa shape index (κ1) is 19.6. The lowest BCUT2D eigenvalue weighted by molar-refractivity contribution is -0.705. The Balaban J connectivity index is 0.00000225. The number of thioether (sulfide) groups is 1. The molecule has 0 radical (unpaired) electrons. The van der Waals surface area contributed by atoms with Crippen molar-refractivity contribution in [2.75, 3.05) is 19.4 Å². The maximum Gasteiger partial charge on any atom is 0.285 e. The highest BCUT2D eigenvalue weighted by molar-refractivity contribution is 8.00. The average molecular weight is 379 g/mol. The third kappa shape index (κ3) is 4.28. The number of methoxy groups -OCH3 is 1. The van der Waals surface area contributed by atoms with E-state index in [1.54, 1.807) is 18.9 Å². The smallest absolute Gasteiger partial charge is 0.285 e. The Morgan fingerprint density at radius 2 is 1.96 bits per heavy atom. The van der Waals surface area contributed by atoms with Crippen molar-refractivity contribution in [2.24, 2.45) is 5.92 Å². The Hall–Kier alpha value is -1.72. The van der Waals surface area contributed by atoms with Gasteiger partial charge >= 0.3 is 0 Å². The van der Waals surface area contributed by atoms with Crippen molar-refractivity contribution in [3.63, 3.8) is 0 Å². The zero-order valence-corrected chi connectivity index (χ0v) is 16.3. The molecule has 134 valence electrons. The summed E-state index contributed by atoms with van der Waals surface area (Å²) in [5.74, 6) is 2.05. The fourth-order valence-electron chi connectivity index (χ4n) is 2.91. The molecule has 3 rings (SSSR count). The summed E-state index contributed by atoms with van der Waals surface area (Å²) in [5, 5.41) is 0. The van der Waals surface area contributed by atoms with Crippen molar-refractivity contribution < 1.29 is 26.5 Å². The number of carbonyl (C=O) groups is 1. The van der Waals surface area contributed by atoms with Gasteiger partial charge in [0.25, 0.3) is 5.50 Å². The van der Waals surface area contributed by atoms with Crippen LogP contribution in [0.5, 0.6) is 5.75 Å². The second kappa shape index (κ2) is 8.59. The van der Waals surface area contributed by atoms with Gasteiger partial charge in [0.1, 0.15) is 5.75 Å². The Kier molecular flexibility index (Phi) is 6.73. The largest absolute Gasteiger partial charge is 1.00 e. The highest BCUT2D eigenvalue weighted by atomic mass is 35.5. The van der Waals surface area contributed by atoms with Crippen LogP contribution in [0.25, 0.3) is 11.3 Å². The van der Waals surface area contributed by atoms with Gasteiger partial charge in [0.05, 0.1) is 12.9 Å². The van der Waals surface area contributed by atoms with E-state index in [4.69, 9.17) is 4.74 Å². The SMILES string of the molecule is COc1ccc(-c2cccc[n+]2C2SCC(=O)N2CC(C)C)cc1.[Cl-]. The van der Waals surface area contributed by atoms with Crippen molar-refractivity contribution >= 4 is 17.7 Å². The van der Waals surface area contributed by atoms with Crippen LogP contribution < -0.4 is 21.7 Å². The fraction of sp³-hybridized carbons (Fsp3) is 0.368. The van der Waals surface area contributed by atoms with Crippen LogP contribution in [0.4, 0.5) is 0 Å². The zero-order valence-electron chi connectivity index (χ0n) is 14.7. The fourth-order valence-corrected chi connectivity index (χ4v) is 4.10. The van der Waals surface area contributed by atoms with Crippen LogP contribution in [0, 0.1) is 5.92 Å². The third-order valence-corrected chi connectivity index (χ3v) is 5.21. The topological polar surface area (TPSA) is 33.4 Å². The Morgan fingerprint density at radius 3 is 2.60 bits per heavy atom. The predicted molar refractivity (Wildman–Crippen MR) is 96.7 cm³/mol. The number of benzene rings is 1. The molecule has 0 spiro atoms. The van der Waals surface area contributed by atoms with Crippen molar-refractivity contribution in [1.82, 2.24) is 4.90 Å². The van der Waals surface area contributed by atoms with Crippen LogP contribution in [0.2, 0.25) is 0 Å². The Morgan fingerprint density at radius 1 is 1.24 bits per heavy atom. The number of aromatic nitrogens is 1. The second-order valence-corrected chi connectivity index (χ2v) is 7.34. The van der Waals surface area contributed by atoms with Crippen LogP contribution in [0.1, 0.15) is 19.3 Å². The number of amides is 1. The molecule has 25 heavy (non-hydrogen) atoms. The molecule has 0 bridgehead atoms. The molecule has 6 heteroatoms. The number of pyridine rings is 1. The molecule has 0 saturated carbocycles. The van der Waals surface area contributed by atoms with Gasteiger partial charge in [-0.15, -0.1) is 0 Å². The van der Waals surface area contributed by atoms with E-state index in [-0.39, 0.29) is 23.8 Å². The minimum atomic E-state index is 0. The summed E-state index contributed by atoms with van der Waals surface area (Å²) in [7, 11) is 1.67. The van der Waals surface area contributed by atoms with Gasteiger partial charge in [-0.3, -0.25) is 9.69 Å². The monoisotopic (exact) mass is 378 g/mol. The first-order valence-electron chi connectivity index (χ1n) is 8.16. The minimum Gasteiger partial charge on any atom is -1.00 e. The van der Waals surface area contributed by atoms with Gasteiger partial charge in [-0.1, -0.05) is 25.6 Å². The maximum absolute atomic E-state index is 12.3. The van der Waals surface area contributed by atoms with Gasteiger partial charge in [0.2, 0.25) is 11.6 Å². The normalized spacial score (nSPS) is 16.9. The average Bonchev–Trinajstić information content (AvgIpc) is 2.95. The minimum absolute atomic E-state index is 0. The Labute approximate surface area is 159 Å². The summed E-state index contributed by atoms with van der Waals surface area (Å²) in [5.41, 5.74) is 2.22. The summed E-state index contributed by atoms with van der Waals surface area (Å²) in [4.78, 5) is 14.3. The van der Waals surface area contributed by atoms with Crippen LogP contribution in [-0.2, 0) is 4.79 Å². The predicted octanol–water partition coefficient (Wildman–Crippen LogP) is 0.341. The van der Waals surface area contributed by atoms with E-state index in [2.05, 4.69) is 42.8 Å². The molecule has 1 amide bonds. The molecule has 1 aliphatic rings. The van der Waals surface area contributed by atoms with Gasteiger partial charge in [-0.25, -0.2) is 0 Å². The third-order valence-electron chi connectivity index (χ3n) is 4.02. The number of hydrogen-bond donors (Lipinski definition) is 0. The maximum atomic E-state index is 12.3. The first-order chi connectivity index (χ1) is 11.6. The van der Waals surface area contributed by atoms with E-state index in [9.17, 15) is 4.79 Å². The second-order valence-electron chi connectivity index (χ2n) is 6.30. The molecule has 0 aliphatic carbocycles. The first-order valence-corrected chi connectivity index (χ1v) is 9.20. The number of rotatable bonds is 5. The molecule has 1 saturated heterocycles. The summed E-state index contributed by atoms with van der Waals surface area (Å²) in [6, 6.07) is 14.2. The van der Waals surface area contributed by atoms with E-state index in [0.29, 0.717) is 11.7 Å². The molecular weight excluding hydrogens is 356 g/mol. The lowest BCUT2D eigenvalue weighted by Crippen LogP contribution is -3.00. The molecule has 2 heterocycles. The molecule has 1 fully saturated rings. The van der Waals surface area contributed by atoms with Gasteiger partial charge in [-0.05, 0) is 36.2 Å². The highest BCUT2D eigenvalue weighted by Crippen LogP contribution is 2.32. The van der Waals surface area contributed by atoms with Crippen molar-refractivity contribution in [3.8, 4) is 17.0 Å².